The molecule has 0 aliphatic carbocycles. The monoisotopic (exact) mass is 280 g/mol. The van der Waals surface area contributed by atoms with E-state index in [1.807, 2.05) is 35.2 Å². The summed E-state index contributed by atoms with van der Waals surface area (Å²) in [7, 11) is 0. The Balaban J connectivity index is 1.82. The third-order valence-electron chi connectivity index (χ3n) is 4.19. The lowest BCUT2D eigenvalue weighted by Crippen LogP contribution is -2.37. The first-order valence-corrected chi connectivity index (χ1v) is 7.34. The number of aryl methyl sites for hydroxylation is 1. The van der Waals surface area contributed by atoms with Gasteiger partial charge in [0.25, 0.3) is 5.91 Å². The van der Waals surface area contributed by atoms with Gasteiger partial charge in [-0.05, 0) is 41.7 Å². The molecule has 0 aromatic heterocycles. The van der Waals surface area contributed by atoms with Crippen LogP contribution in [0.2, 0.25) is 0 Å². The normalized spacial score (nSPS) is 14.2. The standard InChI is InChI=1S/C18H20N2O/c1-13-10-14(11-19)6-7-16(13)12-20-9-8-15-4-2-3-5-17(15)18(20)21/h2-7,10H,8-9,11-12,19H2,1H3. The molecule has 3 heteroatoms. The van der Waals surface area contributed by atoms with Gasteiger partial charge in [-0.2, -0.15) is 0 Å². The molecular formula is C18H20N2O. The third-order valence-corrected chi connectivity index (χ3v) is 4.19. The predicted octanol–water partition coefficient (Wildman–Crippen LogP) is 2.65. The van der Waals surface area contributed by atoms with Crippen LogP contribution in [-0.2, 0) is 19.5 Å². The van der Waals surface area contributed by atoms with E-state index in [4.69, 9.17) is 5.73 Å². The Morgan fingerprint density at radius 2 is 2.00 bits per heavy atom. The summed E-state index contributed by atoms with van der Waals surface area (Å²) in [6, 6.07) is 14.1. The number of fused-ring (bicyclic) bond motifs is 1. The van der Waals surface area contributed by atoms with Gasteiger partial charge >= 0.3 is 0 Å². The van der Waals surface area contributed by atoms with Crippen molar-refractivity contribution in [3.8, 4) is 0 Å². The van der Waals surface area contributed by atoms with Gasteiger partial charge in [0.05, 0.1) is 0 Å². The van der Waals surface area contributed by atoms with Gasteiger partial charge in [0.1, 0.15) is 0 Å². The first-order chi connectivity index (χ1) is 10.2. The number of nitrogens with two attached hydrogens (primary N) is 1. The Hall–Kier alpha value is -2.13. The molecule has 3 nitrogen and oxygen atoms in total. The summed E-state index contributed by atoms with van der Waals surface area (Å²) in [5, 5.41) is 0. The lowest BCUT2D eigenvalue weighted by Gasteiger charge is -2.29. The molecule has 21 heavy (non-hydrogen) atoms. The Bertz CT molecular complexity index is 679. The molecule has 0 bridgehead atoms. The number of hydrogen-bond acceptors (Lipinski definition) is 2. The number of rotatable bonds is 3. The molecule has 1 heterocycles. The molecule has 1 aliphatic heterocycles. The molecule has 1 aliphatic rings. The van der Waals surface area contributed by atoms with Gasteiger partial charge < -0.3 is 10.6 Å². The number of carbonyl (C=O) groups is 1. The van der Waals surface area contributed by atoms with E-state index in [9.17, 15) is 4.79 Å². The van der Waals surface area contributed by atoms with Crippen LogP contribution >= 0.6 is 0 Å². The van der Waals surface area contributed by atoms with E-state index in [1.54, 1.807) is 0 Å². The molecule has 2 N–H and O–H groups in total. The Morgan fingerprint density at radius 3 is 2.76 bits per heavy atom. The summed E-state index contributed by atoms with van der Waals surface area (Å²) >= 11 is 0. The Morgan fingerprint density at radius 1 is 1.19 bits per heavy atom. The second-order valence-electron chi connectivity index (χ2n) is 5.60. The molecule has 0 atom stereocenters. The van der Waals surface area contributed by atoms with Crippen molar-refractivity contribution in [1.82, 2.24) is 4.90 Å². The van der Waals surface area contributed by atoms with Crippen molar-refractivity contribution in [3.63, 3.8) is 0 Å². The average molecular weight is 280 g/mol. The van der Waals surface area contributed by atoms with Crippen LogP contribution in [0.4, 0.5) is 0 Å². The van der Waals surface area contributed by atoms with Crippen LogP contribution in [0.1, 0.15) is 32.6 Å². The maximum Gasteiger partial charge on any atom is 0.254 e. The van der Waals surface area contributed by atoms with Gasteiger partial charge in [-0.1, -0.05) is 36.4 Å². The van der Waals surface area contributed by atoms with E-state index in [0.717, 1.165) is 29.7 Å². The first kappa shape index (κ1) is 13.8. The van der Waals surface area contributed by atoms with Crippen LogP contribution in [-0.4, -0.2) is 17.4 Å². The van der Waals surface area contributed by atoms with Crippen LogP contribution < -0.4 is 5.73 Å². The van der Waals surface area contributed by atoms with Gasteiger partial charge in [0, 0.05) is 25.2 Å². The van der Waals surface area contributed by atoms with Crippen molar-refractivity contribution in [3.05, 3.63) is 70.3 Å². The summed E-state index contributed by atoms with van der Waals surface area (Å²) in [5.74, 6) is 0.138. The molecule has 0 unspecified atom stereocenters. The lowest BCUT2D eigenvalue weighted by atomic mass is 9.98. The summed E-state index contributed by atoms with van der Waals surface area (Å²) in [6.07, 6.45) is 0.932. The van der Waals surface area contributed by atoms with Crippen molar-refractivity contribution in [2.75, 3.05) is 6.54 Å². The summed E-state index contributed by atoms with van der Waals surface area (Å²) < 4.78 is 0. The summed E-state index contributed by atoms with van der Waals surface area (Å²) in [6.45, 7) is 4.09. The number of nitrogens with zero attached hydrogens (tertiary/aromatic N) is 1. The SMILES string of the molecule is Cc1cc(CN)ccc1CN1CCc2ccccc2C1=O. The molecular weight excluding hydrogens is 260 g/mol. The van der Waals surface area contributed by atoms with E-state index >= 15 is 0 Å². The molecule has 0 saturated heterocycles. The fourth-order valence-corrected chi connectivity index (χ4v) is 2.89. The fourth-order valence-electron chi connectivity index (χ4n) is 2.89. The second-order valence-corrected chi connectivity index (χ2v) is 5.60. The minimum Gasteiger partial charge on any atom is -0.334 e. The predicted molar refractivity (Wildman–Crippen MR) is 84.0 cm³/mol. The maximum absolute atomic E-state index is 12.6. The van der Waals surface area contributed by atoms with Gasteiger partial charge in [-0.3, -0.25) is 4.79 Å². The molecule has 0 radical (unpaired) electrons. The highest BCUT2D eigenvalue weighted by atomic mass is 16.2. The largest absolute Gasteiger partial charge is 0.334 e. The second kappa shape index (κ2) is 5.70. The highest BCUT2D eigenvalue weighted by molar-refractivity contribution is 5.96. The molecule has 1 amide bonds. The number of benzene rings is 2. The van der Waals surface area contributed by atoms with Gasteiger partial charge in [-0.25, -0.2) is 0 Å². The van der Waals surface area contributed by atoms with E-state index in [2.05, 4.69) is 19.1 Å². The first-order valence-electron chi connectivity index (χ1n) is 7.34. The lowest BCUT2D eigenvalue weighted by molar-refractivity contribution is 0.0727. The molecule has 108 valence electrons. The number of carbonyl (C=O) groups excluding carboxylic acids is 1. The van der Waals surface area contributed by atoms with Crippen LogP contribution in [0.15, 0.2) is 42.5 Å². The highest BCUT2D eigenvalue weighted by Gasteiger charge is 2.23. The van der Waals surface area contributed by atoms with Crippen LogP contribution in [0, 0.1) is 6.92 Å². The number of hydrogen-bond donors (Lipinski definition) is 1. The van der Waals surface area contributed by atoms with Gasteiger partial charge in [0.15, 0.2) is 0 Å². The quantitative estimate of drug-likeness (QED) is 0.939. The van der Waals surface area contributed by atoms with Crippen molar-refractivity contribution in [2.24, 2.45) is 5.73 Å². The molecule has 0 saturated carbocycles. The Kier molecular flexibility index (Phi) is 3.76. The zero-order chi connectivity index (χ0) is 14.8. The van der Waals surface area contributed by atoms with E-state index in [0.29, 0.717) is 13.1 Å². The van der Waals surface area contributed by atoms with Crippen molar-refractivity contribution in [1.29, 1.82) is 0 Å². The fraction of sp³-hybridized carbons (Fsp3) is 0.278. The minimum atomic E-state index is 0.138. The van der Waals surface area contributed by atoms with Crippen molar-refractivity contribution in [2.45, 2.75) is 26.4 Å². The van der Waals surface area contributed by atoms with Crippen LogP contribution in [0.5, 0.6) is 0 Å². The van der Waals surface area contributed by atoms with Crippen molar-refractivity contribution < 1.29 is 4.79 Å². The van der Waals surface area contributed by atoms with Crippen LogP contribution in [0.3, 0.4) is 0 Å². The maximum atomic E-state index is 12.6. The van der Waals surface area contributed by atoms with E-state index < -0.39 is 0 Å². The molecule has 2 aromatic rings. The molecule has 2 aromatic carbocycles. The summed E-state index contributed by atoms with van der Waals surface area (Å²) in [4.78, 5) is 14.5. The summed E-state index contributed by atoms with van der Waals surface area (Å²) in [5.41, 5.74) is 11.2. The van der Waals surface area contributed by atoms with Gasteiger partial charge in [0.2, 0.25) is 0 Å². The van der Waals surface area contributed by atoms with E-state index in [1.165, 1.54) is 11.1 Å². The van der Waals surface area contributed by atoms with Gasteiger partial charge in [-0.15, -0.1) is 0 Å². The zero-order valence-electron chi connectivity index (χ0n) is 12.3. The zero-order valence-corrected chi connectivity index (χ0v) is 12.3. The average Bonchev–Trinajstić information content (AvgIpc) is 2.52. The van der Waals surface area contributed by atoms with Crippen molar-refractivity contribution >= 4 is 5.91 Å². The smallest absolute Gasteiger partial charge is 0.254 e. The van der Waals surface area contributed by atoms with E-state index in [-0.39, 0.29) is 5.91 Å². The van der Waals surface area contributed by atoms with Crippen LogP contribution in [0.25, 0.3) is 0 Å². The molecule has 0 fully saturated rings. The topological polar surface area (TPSA) is 46.3 Å². The molecule has 0 spiro atoms. The minimum absolute atomic E-state index is 0.138. The number of amides is 1. The Labute approximate surface area is 125 Å². The highest BCUT2D eigenvalue weighted by Crippen LogP contribution is 2.21. The third kappa shape index (κ3) is 2.69. The molecule has 3 rings (SSSR count).